The minimum absolute atomic E-state index is 0.142. The number of rotatable bonds is 9. The topological polar surface area (TPSA) is 163 Å². The van der Waals surface area contributed by atoms with E-state index in [9.17, 15) is 19.5 Å². The minimum Gasteiger partial charge on any atom is -0.496 e. The summed E-state index contributed by atoms with van der Waals surface area (Å²) in [6, 6.07) is 9.74. The fraction of sp³-hybridized carbons (Fsp3) is 0.574. The fourth-order valence-corrected chi connectivity index (χ4v) is 14.4. The summed E-state index contributed by atoms with van der Waals surface area (Å²) >= 11 is 1.65. The number of H-pyrrole nitrogens is 1. The van der Waals surface area contributed by atoms with Crippen molar-refractivity contribution in [1.82, 2.24) is 14.8 Å². The molecule has 6 aliphatic heterocycles. The number of fused-ring (bicyclic) bond motifs is 6. The van der Waals surface area contributed by atoms with Gasteiger partial charge in [-0.1, -0.05) is 26.0 Å². The van der Waals surface area contributed by atoms with Crippen molar-refractivity contribution in [3.8, 4) is 5.75 Å². The molecule has 4 fully saturated rings. The Bertz CT molecular complexity index is 2460. The Kier molecular flexibility index (Phi) is 9.42. The first-order valence-electron chi connectivity index (χ1n) is 21.9. The van der Waals surface area contributed by atoms with Crippen LogP contribution in [-0.4, -0.2) is 134 Å². The largest absolute Gasteiger partial charge is 0.496 e. The number of carbonyl (C=O) groups is 4. The molecule has 10 rings (SSSR count). The first kappa shape index (κ1) is 41.6. The highest BCUT2D eigenvalue weighted by molar-refractivity contribution is 7.98. The number of benzene rings is 2. The maximum atomic E-state index is 15.5. The number of ether oxygens (including phenoxy) is 5. The third-order valence-corrected chi connectivity index (χ3v) is 16.9. The number of aliphatic hydroxyl groups is 1. The number of anilines is 1. The van der Waals surface area contributed by atoms with Crippen molar-refractivity contribution in [1.29, 1.82) is 0 Å². The summed E-state index contributed by atoms with van der Waals surface area (Å²) in [7, 11) is 4.25. The molecule has 62 heavy (non-hydrogen) atoms. The van der Waals surface area contributed by atoms with Crippen molar-refractivity contribution in [3.05, 3.63) is 64.9 Å². The monoisotopic (exact) mass is 868 g/mol. The number of hydrogen-bond acceptors (Lipinski definition) is 13. The molecule has 7 heterocycles. The van der Waals surface area contributed by atoms with Gasteiger partial charge in [0.25, 0.3) is 5.60 Å². The van der Waals surface area contributed by atoms with Crippen LogP contribution in [0.1, 0.15) is 75.3 Å². The molecule has 3 saturated heterocycles. The van der Waals surface area contributed by atoms with Crippen molar-refractivity contribution in [2.45, 2.75) is 104 Å². The van der Waals surface area contributed by atoms with Crippen LogP contribution in [0.15, 0.2) is 47.4 Å². The number of esters is 3. The number of piperidine rings is 1. The van der Waals surface area contributed by atoms with Gasteiger partial charge in [0.15, 0.2) is 6.10 Å². The molecule has 0 radical (unpaired) electrons. The zero-order chi connectivity index (χ0) is 43.8. The summed E-state index contributed by atoms with van der Waals surface area (Å²) < 4.78 is 31.2. The van der Waals surface area contributed by atoms with Gasteiger partial charge >= 0.3 is 17.9 Å². The quantitative estimate of drug-likeness (QED) is 0.0767. The first-order chi connectivity index (χ1) is 29.8. The molecule has 1 unspecified atom stereocenters. The van der Waals surface area contributed by atoms with Crippen molar-refractivity contribution in [2.24, 2.45) is 11.3 Å². The van der Waals surface area contributed by atoms with E-state index >= 15 is 4.79 Å². The number of epoxide rings is 1. The van der Waals surface area contributed by atoms with Gasteiger partial charge in [0.05, 0.1) is 38.0 Å². The van der Waals surface area contributed by atoms with E-state index in [-0.39, 0.29) is 12.3 Å². The van der Waals surface area contributed by atoms with Crippen LogP contribution in [0.2, 0.25) is 0 Å². The van der Waals surface area contributed by atoms with Gasteiger partial charge in [-0.25, -0.2) is 4.79 Å². The summed E-state index contributed by atoms with van der Waals surface area (Å²) in [4.78, 5) is 68.1. The fourth-order valence-electron chi connectivity index (χ4n) is 13.9. The smallest absolute Gasteiger partial charge is 0.347 e. The van der Waals surface area contributed by atoms with Crippen LogP contribution in [0.25, 0.3) is 10.9 Å². The van der Waals surface area contributed by atoms with Crippen LogP contribution in [0.5, 0.6) is 5.75 Å². The zero-order valence-corrected chi connectivity index (χ0v) is 37.3. The molecule has 10 atom stereocenters. The average Bonchev–Trinajstić information content (AvgIpc) is 3.50. The molecule has 330 valence electrons. The number of carbonyl (C=O) groups excluding carboxylic acids is 4. The summed E-state index contributed by atoms with van der Waals surface area (Å²) in [6.45, 7) is 8.44. The maximum absolute atomic E-state index is 15.5. The Morgan fingerprint density at radius 2 is 1.82 bits per heavy atom. The number of thioether (sulfide) groups is 1. The molecular weight excluding hydrogens is 813 g/mol. The molecule has 2 N–H and O–H groups in total. The van der Waals surface area contributed by atoms with E-state index in [1.165, 1.54) is 26.0 Å². The normalized spacial score (nSPS) is 37.4. The highest BCUT2D eigenvalue weighted by atomic mass is 32.2. The number of nitrogens with zero attached hydrogens (tertiary/aromatic N) is 3. The number of nitrogens with one attached hydrogen (secondary N) is 1. The van der Waals surface area contributed by atoms with Crippen LogP contribution in [-0.2, 0) is 55.4 Å². The summed E-state index contributed by atoms with van der Waals surface area (Å²) in [5, 5.41) is 13.1. The molecule has 2 spiro atoms. The molecule has 2 aromatic carbocycles. The van der Waals surface area contributed by atoms with E-state index in [2.05, 4.69) is 45.1 Å². The predicted molar refractivity (Wildman–Crippen MR) is 230 cm³/mol. The second-order valence-electron chi connectivity index (χ2n) is 18.6. The van der Waals surface area contributed by atoms with E-state index < -0.39 is 63.2 Å². The lowest BCUT2D eigenvalue weighted by Gasteiger charge is -2.58. The average molecular weight is 869 g/mol. The van der Waals surface area contributed by atoms with Gasteiger partial charge in [0.2, 0.25) is 12.1 Å². The van der Waals surface area contributed by atoms with E-state index in [4.69, 9.17) is 23.7 Å². The third kappa shape index (κ3) is 4.92. The molecule has 7 aliphatic rings. The van der Waals surface area contributed by atoms with Crippen molar-refractivity contribution >= 4 is 52.7 Å². The lowest BCUT2D eigenvalue weighted by molar-refractivity contribution is -0.178. The van der Waals surface area contributed by atoms with Gasteiger partial charge < -0.3 is 33.8 Å². The Morgan fingerprint density at radius 1 is 1.03 bits per heavy atom. The molecule has 2 bridgehead atoms. The van der Waals surface area contributed by atoms with Crippen molar-refractivity contribution < 1.29 is 48.0 Å². The predicted octanol–water partition coefficient (Wildman–Crippen LogP) is 4.61. The lowest BCUT2D eigenvalue weighted by Crippen LogP contribution is -2.75. The Balaban J connectivity index is 1.30. The van der Waals surface area contributed by atoms with Gasteiger partial charge in [-0.15, -0.1) is 11.8 Å². The van der Waals surface area contributed by atoms with Gasteiger partial charge in [-0.3, -0.25) is 29.1 Å². The second-order valence-corrected chi connectivity index (χ2v) is 19.5. The second kappa shape index (κ2) is 14.0. The Hall–Kier alpha value is -4.41. The number of amides is 1. The Labute approximate surface area is 365 Å². The number of hydrogen-bond donors (Lipinski definition) is 2. The highest BCUT2D eigenvalue weighted by Crippen LogP contribution is 2.80. The Morgan fingerprint density at radius 3 is 2.50 bits per heavy atom. The van der Waals surface area contributed by atoms with E-state index in [1.54, 1.807) is 24.9 Å². The van der Waals surface area contributed by atoms with Crippen LogP contribution >= 0.6 is 11.8 Å². The van der Waals surface area contributed by atoms with E-state index in [0.717, 1.165) is 26.9 Å². The van der Waals surface area contributed by atoms with Crippen LogP contribution in [0.4, 0.5) is 5.69 Å². The van der Waals surface area contributed by atoms with Crippen LogP contribution in [0.3, 0.4) is 0 Å². The van der Waals surface area contributed by atoms with Gasteiger partial charge in [0, 0.05) is 77.7 Å². The number of aromatic nitrogens is 1. The zero-order valence-electron chi connectivity index (χ0n) is 36.5. The molecule has 3 aromatic rings. The summed E-state index contributed by atoms with van der Waals surface area (Å²) in [6.07, 6.45) is 8.64. The van der Waals surface area contributed by atoms with E-state index in [0.29, 0.717) is 93.9 Å². The first-order valence-corrected chi connectivity index (χ1v) is 23.1. The van der Waals surface area contributed by atoms with Crippen molar-refractivity contribution in [2.75, 3.05) is 65.2 Å². The molecule has 14 nitrogen and oxygen atoms in total. The van der Waals surface area contributed by atoms with Crippen LogP contribution in [0, 0.1) is 11.3 Å². The molecular formula is C47H56N4O10S. The van der Waals surface area contributed by atoms with Crippen LogP contribution < -0.4 is 9.64 Å². The molecule has 1 aliphatic carbocycles. The maximum Gasteiger partial charge on any atom is 0.347 e. The SMILES string of the molecule is CC[C@]1(O)C[C@H]2CN(CCc3c([nH]c4ccc(SC)cc34)[C@@](C(=O)OC)(c3cc4c(cc3OC)N(C=O)[C@@]35O[C@]3(C(=O)OC)[C@H](OC(C)=O)[C@]3(CC)C=CCN6CC[C@]45[C@@H]63)C2)C1. The third-order valence-electron chi connectivity index (χ3n) is 16.2. The molecule has 15 heteroatoms. The molecule has 1 aromatic heterocycles. The molecule has 1 saturated carbocycles. The summed E-state index contributed by atoms with van der Waals surface area (Å²) in [5.41, 5.74) is -3.66. The number of aromatic amines is 1. The van der Waals surface area contributed by atoms with E-state index in [1.807, 2.05) is 26.2 Å². The lowest BCUT2D eigenvalue weighted by atomic mass is 9.49. The van der Waals surface area contributed by atoms with Gasteiger partial charge in [0.1, 0.15) is 11.2 Å². The number of methoxy groups -OCH3 is 3. The highest BCUT2D eigenvalue weighted by Gasteiger charge is 2.99. The standard InChI is InChI=1S/C47H56N4O10S/c1-8-42(56)22-28-23-44(40(54)58-5,37-30(13-17-49(24-28)25-42)31-19-29(62-7)11-12-34(31)48-37)33-20-32-35(21-36(33)57-4)51(26-52)47-45(32)15-18-50-16-10-14-43(9-2,38(45)50)39(60-27(3)53)46(47,61-47)41(55)59-6/h10-12,14,19-21,26,28,38-39,48,56H,8-9,13,15-18,22-25H2,1-7H3/t28-,38+,39-,42+,43-,44+,45-,46+,47+/m1/s1. The van der Waals surface area contributed by atoms with Crippen molar-refractivity contribution in [3.63, 3.8) is 0 Å². The van der Waals surface area contributed by atoms with Gasteiger partial charge in [-0.2, -0.15) is 0 Å². The molecule has 1 amide bonds. The summed E-state index contributed by atoms with van der Waals surface area (Å²) in [5.74, 6) is -1.59. The minimum atomic E-state index is -1.89. The van der Waals surface area contributed by atoms with Gasteiger partial charge in [-0.05, 0) is 92.6 Å².